The Morgan fingerprint density at radius 1 is 0.296 bits per heavy atom. The molecule has 252 valence electrons. The molecule has 0 aliphatic rings. The van der Waals surface area contributed by atoms with E-state index in [0.29, 0.717) is 21.9 Å². The number of benzene rings is 8. The number of hydrogen-bond donors (Lipinski definition) is 0. The summed E-state index contributed by atoms with van der Waals surface area (Å²) in [6.45, 7) is 0. The minimum absolute atomic E-state index is 0.0308. The highest BCUT2D eigenvalue weighted by atomic mass is 16.3. The van der Waals surface area contributed by atoms with Gasteiger partial charge < -0.3 is 18.1 Å². The van der Waals surface area contributed by atoms with E-state index in [1.807, 2.05) is 36.4 Å². The van der Waals surface area contributed by atoms with Gasteiger partial charge in [0, 0.05) is 49.4 Å². The molecule has 8 aromatic carbocycles. The topological polar surface area (TPSA) is 45.0 Å². The van der Waals surface area contributed by atoms with E-state index in [2.05, 4.69) is 153 Å². The summed E-state index contributed by atoms with van der Waals surface area (Å²) in [5.41, 5.74) is 11.0. The minimum Gasteiger partial charge on any atom is -0.456 e. The van der Waals surface area contributed by atoms with Crippen LogP contribution in [0.15, 0.2) is 185 Å². The fourth-order valence-corrected chi connectivity index (χ4v) is 8.89. The first-order chi connectivity index (χ1) is 26.7. The van der Waals surface area contributed by atoms with Crippen molar-refractivity contribution in [1.82, 2.24) is 13.7 Å². The Bertz CT molecular complexity index is 3320. The maximum Gasteiger partial charge on any atom is 0.200 e. The molecule has 0 aliphatic carbocycles. The molecule has 0 amide bonds. The third-order valence-electron chi connectivity index (χ3n) is 11.2. The number of nitrogens with zero attached hydrogens (tertiary/aromatic N) is 3. The van der Waals surface area contributed by atoms with Gasteiger partial charge in [0.1, 0.15) is 11.2 Å². The Hall–Kier alpha value is -7.37. The number of hydrogen-bond acceptors (Lipinski definition) is 2. The van der Waals surface area contributed by atoms with Crippen molar-refractivity contribution in [3.63, 3.8) is 0 Å². The van der Waals surface area contributed by atoms with Crippen LogP contribution in [0.4, 0.5) is 0 Å². The third-order valence-corrected chi connectivity index (χ3v) is 11.2. The molecule has 0 saturated carbocycles. The molecule has 5 heteroatoms. The highest BCUT2D eigenvalue weighted by Gasteiger charge is 2.19. The van der Waals surface area contributed by atoms with Crippen LogP contribution < -0.4 is 5.43 Å². The van der Waals surface area contributed by atoms with Crippen LogP contribution in [0.5, 0.6) is 0 Å². The number of fused-ring (bicyclic) bond motifs is 11. The van der Waals surface area contributed by atoms with Crippen LogP contribution >= 0.6 is 0 Å². The average Bonchev–Trinajstić information content (AvgIpc) is 3.86. The third kappa shape index (κ3) is 3.95. The molecular formula is C49H29N3O2. The lowest BCUT2D eigenvalue weighted by atomic mass is 10.1. The SMILES string of the molecule is O=c1c2ccccc2oc2ccc(-n3c4ccc(-n5c6ccccc6c6ccccc65)cc4c4cc(-n5c6ccccc6c6ccccc65)ccc43)cc12. The van der Waals surface area contributed by atoms with Crippen LogP contribution in [-0.4, -0.2) is 13.7 Å². The Balaban J connectivity index is 1.18. The van der Waals surface area contributed by atoms with E-state index in [4.69, 9.17) is 4.42 Å². The highest BCUT2D eigenvalue weighted by molar-refractivity contribution is 6.14. The maximum atomic E-state index is 13.8. The second-order valence-corrected chi connectivity index (χ2v) is 14.1. The zero-order valence-corrected chi connectivity index (χ0v) is 28.9. The number of para-hydroxylation sites is 5. The molecule has 54 heavy (non-hydrogen) atoms. The van der Waals surface area contributed by atoms with Gasteiger partial charge in [0.05, 0.1) is 43.9 Å². The second kappa shape index (κ2) is 10.8. The molecule has 4 aromatic heterocycles. The number of aromatic nitrogens is 3. The lowest BCUT2D eigenvalue weighted by Gasteiger charge is -2.11. The summed E-state index contributed by atoms with van der Waals surface area (Å²) in [5, 5.41) is 8.30. The summed E-state index contributed by atoms with van der Waals surface area (Å²) >= 11 is 0. The van der Waals surface area contributed by atoms with Crippen molar-refractivity contribution in [1.29, 1.82) is 0 Å². The number of rotatable bonds is 3. The molecular weight excluding hydrogens is 663 g/mol. The molecule has 0 atom stereocenters. The van der Waals surface area contributed by atoms with Gasteiger partial charge in [-0.05, 0) is 91.0 Å². The van der Waals surface area contributed by atoms with E-state index in [0.717, 1.165) is 38.9 Å². The summed E-state index contributed by atoms with van der Waals surface area (Å²) in [4.78, 5) is 13.8. The maximum absolute atomic E-state index is 13.8. The smallest absolute Gasteiger partial charge is 0.200 e. The molecule has 0 saturated heterocycles. The van der Waals surface area contributed by atoms with E-state index in [1.54, 1.807) is 0 Å². The first kappa shape index (κ1) is 29.2. The molecule has 5 nitrogen and oxygen atoms in total. The summed E-state index contributed by atoms with van der Waals surface area (Å²) in [7, 11) is 0. The van der Waals surface area contributed by atoms with Crippen LogP contribution in [-0.2, 0) is 0 Å². The zero-order chi connectivity index (χ0) is 35.5. The van der Waals surface area contributed by atoms with Crippen molar-refractivity contribution < 1.29 is 4.42 Å². The Labute approximate surface area is 307 Å². The average molecular weight is 692 g/mol. The molecule has 0 spiro atoms. The van der Waals surface area contributed by atoms with Crippen LogP contribution in [0, 0.1) is 0 Å². The highest BCUT2D eigenvalue weighted by Crippen LogP contribution is 2.39. The minimum atomic E-state index is -0.0308. The van der Waals surface area contributed by atoms with Gasteiger partial charge in [-0.15, -0.1) is 0 Å². The van der Waals surface area contributed by atoms with E-state index in [9.17, 15) is 4.79 Å². The Morgan fingerprint density at radius 3 is 1.09 bits per heavy atom. The molecule has 0 unspecified atom stereocenters. The van der Waals surface area contributed by atoms with Crippen molar-refractivity contribution in [3.8, 4) is 17.1 Å². The zero-order valence-electron chi connectivity index (χ0n) is 28.9. The van der Waals surface area contributed by atoms with Crippen molar-refractivity contribution in [2.75, 3.05) is 0 Å². The summed E-state index contributed by atoms with van der Waals surface area (Å²) in [6, 6.07) is 61.5. The van der Waals surface area contributed by atoms with Gasteiger partial charge in [-0.25, -0.2) is 0 Å². The predicted octanol–water partition coefficient (Wildman–Crippen LogP) is 12.2. The van der Waals surface area contributed by atoms with Gasteiger partial charge in [-0.2, -0.15) is 0 Å². The lowest BCUT2D eigenvalue weighted by Crippen LogP contribution is -2.03. The van der Waals surface area contributed by atoms with E-state index in [1.165, 1.54) is 43.6 Å². The van der Waals surface area contributed by atoms with E-state index in [-0.39, 0.29) is 5.43 Å². The summed E-state index contributed by atoms with van der Waals surface area (Å²) < 4.78 is 13.2. The van der Waals surface area contributed by atoms with Gasteiger partial charge in [0.15, 0.2) is 0 Å². The molecule has 4 heterocycles. The lowest BCUT2D eigenvalue weighted by molar-refractivity contribution is 0.660. The van der Waals surface area contributed by atoms with Crippen molar-refractivity contribution in [2.24, 2.45) is 0 Å². The van der Waals surface area contributed by atoms with Crippen LogP contribution in [0.1, 0.15) is 0 Å². The fraction of sp³-hybridized carbons (Fsp3) is 0. The Kier molecular flexibility index (Phi) is 5.86. The van der Waals surface area contributed by atoms with Crippen molar-refractivity contribution in [2.45, 2.75) is 0 Å². The molecule has 0 bridgehead atoms. The quantitative estimate of drug-likeness (QED) is 0.173. The molecule has 0 N–H and O–H groups in total. The van der Waals surface area contributed by atoms with Crippen LogP contribution in [0.3, 0.4) is 0 Å². The van der Waals surface area contributed by atoms with Gasteiger partial charge in [-0.1, -0.05) is 84.9 Å². The van der Waals surface area contributed by atoms with Gasteiger partial charge in [0.2, 0.25) is 5.43 Å². The normalized spacial score (nSPS) is 12.1. The van der Waals surface area contributed by atoms with Crippen molar-refractivity contribution >= 4 is 87.4 Å². The summed E-state index contributed by atoms with van der Waals surface area (Å²) in [5.74, 6) is 0. The first-order valence-corrected chi connectivity index (χ1v) is 18.2. The second-order valence-electron chi connectivity index (χ2n) is 14.1. The van der Waals surface area contributed by atoms with E-state index < -0.39 is 0 Å². The van der Waals surface area contributed by atoms with Gasteiger partial charge in [-0.3, -0.25) is 4.79 Å². The van der Waals surface area contributed by atoms with Crippen LogP contribution in [0.2, 0.25) is 0 Å². The largest absolute Gasteiger partial charge is 0.456 e. The fourth-order valence-electron chi connectivity index (χ4n) is 8.89. The predicted molar refractivity (Wildman–Crippen MR) is 223 cm³/mol. The van der Waals surface area contributed by atoms with Crippen LogP contribution in [0.25, 0.3) is 104 Å². The summed E-state index contributed by atoms with van der Waals surface area (Å²) in [6.07, 6.45) is 0. The van der Waals surface area contributed by atoms with Gasteiger partial charge in [0.25, 0.3) is 0 Å². The first-order valence-electron chi connectivity index (χ1n) is 18.2. The molecule has 0 aliphatic heterocycles. The molecule has 0 fully saturated rings. The standard InChI is InChI=1S/C49H29N3O2/c53-49-37-15-5-10-20-47(37)54-48-26-23-32(29-40(48)49)52-45-24-21-30(50-41-16-6-1-11-33(41)34-12-2-7-17-42(34)50)27-38(45)39-28-31(22-25-46(39)52)51-43-18-8-3-13-35(43)36-14-4-9-19-44(36)51/h1-29H. The van der Waals surface area contributed by atoms with E-state index >= 15 is 0 Å². The molecule has 12 aromatic rings. The molecule has 0 radical (unpaired) electrons. The monoisotopic (exact) mass is 691 g/mol. The Morgan fingerprint density at radius 2 is 0.630 bits per heavy atom. The van der Waals surface area contributed by atoms with Gasteiger partial charge >= 0.3 is 0 Å². The van der Waals surface area contributed by atoms with Crippen molar-refractivity contribution in [3.05, 3.63) is 186 Å². The molecule has 12 rings (SSSR count).